The van der Waals surface area contributed by atoms with Crippen LogP contribution in [0.1, 0.15) is 39.0 Å². The number of carbonyl (C=O) groups is 1. The predicted octanol–water partition coefficient (Wildman–Crippen LogP) is 1.60. The normalized spacial score (nSPS) is 34.1. The third-order valence-electron chi connectivity index (χ3n) is 4.02. The first-order valence-electron chi connectivity index (χ1n) is 7.06. The number of carbonyl (C=O) groups excluding carboxylic acids is 1. The van der Waals surface area contributed by atoms with Crippen molar-refractivity contribution in [2.75, 3.05) is 17.3 Å². The summed E-state index contributed by atoms with van der Waals surface area (Å²) in [5.41, 5.74) is 0. The fourth-order valence-corrected chi connectivity index (χ4v) is 6.21. The van der Waals surface area contributed by atoms with Crippen LogP contribution < -0.4 is 5.32 Å². The number of rotatable bonds is 4. The van der Waals surface area contributed by atoms with Gasteiger partial charge in [-0.25, -0.2) is 8.42 Å². The summed E-state index contributed by atoms with van der Waals surface area (Å²) in [5.74, 6) is 1.77. The maximum absolute atomic E-state index is 11.8. The van der Waals surface area contributed by atoms with Gasteiger partial charge in [0.05, 0.1) is 17.3 Å². The molecule has 1 heterocycles. The van der Waals surface area contributed by atoms with Crippen LogP contribution in [-0.2, 0) is 14.6 Å². The molecular formula is C13H23NO3S2. The highest BCUT2D eigenvalue weighted by Crippen LogP contribution is 2.25. The number of hydrogen-bond donors (Lipinski definition) is 1. The predicted molar refractivity (Wildman–Crippen MR) is 79.1 cm³/mol. The van der Waals surface area contributed by atoms with E-state index in [1.807, 2.05) is 0 Å². The largest absolute Gasteiger partial charge is 0.353 e. The smallest absolute Gasteiger partial charge is 0.230 e. The third-order valence-corrected chi connectivity index (χ3v) is 7.30. The highest BCUT2D eigenvalue weighted by molar-refractivity contribution is 8.02. The zero-order valence-corrected chi connectivity index (χ0v) is 13.1. The topological polar surface area (TPSA) is 63.2 Å². The molecule has 0 unspecified atom stereocenters. The monoisotopic (exact) mass is 305 g/mol. The van der Waals surface area contributed by atoms with E-state index in [1.54, 1.807) is 0 Å². The minimum absolute atomic E-state index is 0.0638. The summed E-state index contributed by atoms with van der Waals surface area (Å²) < 4.78 is 22.6. The van der Waals surface area contributed by atoms with E-state index in [9.17, 15) is 13.2 Å². The van der Waals surface area contributed by atoms with Gasteiger partial charge in [-0.15, -0.1) is 11.8 Å². The molecule has 0 aromatic carbocycles. The number of hydrogen-bond acceptors (Lipinski definition) is 4. The fourth-order valence-electron chi connectivity index (χ4n) is 2.76. The van der Waals surface area contributed by atoms with Crippen molar-refractivity contribution in [1.29, 1.82) is 0 Å². The molecule has 1 aliphatic carbocycles. The lowest BCUT2D eigenvalue weighted by molar-refractivity contribution is -0.119. The molecule has 1 aliphatic heterocycles. The Balaban J connectivity index is 1.65. The van der Waals surface area contributed by atoms with Crippen LogP contribution in [0.2, 0.25) is 0 Å². The van der Waals surface area contributed by atoms with Crippen molar-refractivity contribution >= 4 is 27.5 Å². The molecule has 1 saturated heterocycles. The van der Waals surface area contributed by atoms with Crippen LogP contribution in [0, 0.1) is 5.92 Å². The van der Waals surface area contributed by atoms with E-state index >= 15 is 0 Å². The fraction of sp³-hybridized carbons (Fsp3) is 0.923. The van der Waals surface area contributed by atoms with Gasteiger partial charge in [0.15, 0.2) is 9.84 Å². The Morgan fingerprint density at radius 3 is 2.47 bits per heavy atom. The molecule has 1 amide bonds. The number of amides is 1. The van der Waals surface area contributed by atoms with Gasteiger partial charge >= 0.3 is 0 Å². The minimum atomic E-state index is -2.83. The van der Waals surface area contributed by atoms with Crippen molar-refractivity contribution < 1.29 is 13.2 Å². The summed E-state index contributed by atoms with van der Waals surface area (Å²) in [5, 5.41) is 3.19. The maximum atomic E-state index is 11.8. The summed E-state index contributed by atoms with van der Waals surface area (Å²) in [4.78, 5) is 11.8. The SMILES string of the molecule is CC1CCC(NC(=O)CS[C@@H]2CCS(=O)(=O)C2)CC1. The van der Waals surface area contributed by atoms with Gasteiger partial charge in [0.1, 0.15) is 0 Å². The van der Waals surface area contributed by atoms with Crippen molar-refractivity contribution in [2.45, 2.75) is 50.3 Å². The number of thioether (sulfide) groups is 1. The van der Waals surface area contributed by atoms with Crippen molar-refractivity contribution in [2.24, 2.45) is 5.92 Å². The second kappa shape index (κ2) is 6.48. The lowest BCUT2D eigenvalue weighted by Gasteiger charge is -2.27. The van der Waals surface area contributed by atoms with E-state index in [0.717, 1.165) is 18.8 Å². The van der Waals surface area contributed by atoms with E-state index in [-0.39, 0.29) is 22.7 Å². The summed E-state index contributed by atoms with van der Waals surface area (Å²) in [7, 11) is -2.83. The van der Waals surface area contributed by atoms with Crippen LogP contribution in [0.3, 0.4) is 0 Å². The Morgan fingerprint density at radius 2 is 1.89 bits per heavy atom. The molecule has 110 valence electrons. The Hall–Kier alpha value is -0.230. The van der Waals surface area contributed by atoms with E-state index in [2.05, 4.69) is 12.2 Å². The van der Waals surface area contributed by atoms with Gasteiger partial charge < -0.3 is 5.32 Å². The first kappa shape index (κ1) is 15.2. The Labute approximate surface area is 120 Å². The van der Waals surface area contributed by atoms with Crippen molar-refractivity contribution in [3.05, 3.63) is 0 Å². The molecule has 0 spiro atoms. The molecular weight excluding hydrogens is 282 g/mol. The molecule has 6 heteroatoms. The molecule has 19 heavy (non-hydrogen) atoms. The molecule has 4 nitrogen and oxygen atoms in total. The molecule has 0 bridgehead atoms. The molecule has 2 rings (SSSR count). The summed E-state index contributed by atoms with van der Waals surface area (Å²) in [6.07, 6.45) is 5.24. The first-order valence-corrected chi connectivity index (χ1v) is 9.93. The zero-order valence-electron chi connectivity index (χ0n) is 11.4. The van der Waals surface area contributed by atoms with Crippen LogP contribution in [0.15, 0.2) is 0 Å². The van der Waals surface area contributed by atoms with Gasteiger partial charge in [0, 0.05) is 11.3 Å². The summed E-state index contributed by atoms with van der Waals surface area (Å²) in [6.45, 7) is 2.26. The second-order valence-electron chi connectivity index (χ2n) is 5.86. The molecule has 1 atom stereocenters. The number of nitrogens with one attached hydrogen (secondary N) is 1. The molecule has 2 fully saturated rings. The van der Waals surface area contributed by atoms with Crippen LogP contribution in [0.25, 0.3) is 0 Å². The second-order valence-corrected chi connectivity index (χ2v) is 9.38. The highest BCUT2D eigenvalue weighted by Gasteiger charge is 2.28. The van der Waals surface area contributed by atoms with E-state index in [4.69, 9.17) is 0 Å². The van der Waals surface area contributed by atoms with E-state index < -0.39 is 9.84 Å². The summed E-state index contributed by atoms with van der Waals surface area (Å²) >= 11 is 1.49. The maximum Gasteiger partial charge on any atom is 0.230 e. The molecule has 0 aromatic rings. The zero-order chi connectivity index (χ0) is 13.9. The van der Waals surface area contributed by atoms with Crippen molar-refractivity contribution in [1.82, 2.24) is 5.32 Å². The molecule has 0 aromatic heterocycles. The summed E-state index contributed by atoms with van der Waals surface area (Å²) in [6, 6.07) is 0.330. The molecule has 1 saturated carbocycles. The van der Waals surface area contributed by atoms with Crippen LogP contribution in [0.4, 0.5) is 0 Å². The van der Waals surface area contributed by atoms with Crippen LogP contribution in [0.5, 0.6) is 0 Å². The Bertz CT molecular complexity index is 414. The Kier molecular flexibility index (Phi) is 5.17. The standard InChI is InChI=1S/C13H23NO3S2/c1-10-2-4-11(5-3-10)14-13(15)8-18-12-6-7-19(16,17)9-12/h10-12H,2-9H2,1H3,(H,14,15)/t10?,11?,12-/m1/s1. The average molecular weight is 305 g/mol. The quantitative estimate of drug-likeness (QED) is 0.857. The van der Waals surface area contributed by atoms with Crippen molar-refractivity contribution in [3.8, 4) is 0 Å². The van der Waals surface area contributed by atoms with Gasteiger partial charge in [-0.3, -0.25) is 4.79 Å². The Morgan fingerprint density at radius 1 is 1.21 bits per heavy atom. The van der Waals surface area contributed by atoms with Gasteiger partial charge in [-0.1, -0.05) is 6.92 Å². The molecule has 0 radical (unpaired) electrons. The van der Waals surface area contributed by atoms with Gasteiger partial charge in [0.25, 0.3) is 0 Å². The van der Waals surface area contributed by atoms with Gasteiger partial charge in [-0.05, 0) is 38.0 Å². The van der Waals surface area contributed by atoms with Crippen molar-refractivity contribution in [3.63, 3.8) is 0 Å². The lowest BCUT2D eigenvalue weighted by atomic mass is 9.87. The van der Waals surface area contributed by atoms with Crippen LogP contribution in [-0.4, -0.2) is 42.9 Å². The molecule has 2 aliphatic rings. The van der Waals surface area contributed by atoms with E-state index in [1.165, 1.54) is 24.6 Å². The molecule has 1 N–H and O–H groups in total. The van der Waals surface area contributed by atoms with E-state index in [0.29, 0.717) is 18.2 Å². The van der Waals surface area contributed by atoms with Crippen LogP contribution >= 0.6 is 11.8 Å². The third kappa shape index (κ3) is 4.99. The lowest BCUT2D eigenvalue weighted by Crippen LogP contribution is -2.38. The number of sulfone groups is 1. The minimum Gasteiger partial charge on any atom is -0.353 e. The highest BCUT2D eigenvalue weighted by atomic mass is 32.2. The first-order chi connectivity index (χ1) is 8.94. The average Bonchev–Trinajstić information content (AvgIpc) is 2.69. The van der Waals surface area contributed by atoms with Gasteiger partial charge in [0.2, 0.25) is 5.91 Å². The van der Waals surface area contributed by atoms with Gasteiger partial charge in [-0.2, -0.15) is 0 Å².